The van der Waals surface area contributed by atoms with Crippen molar-refractivity contribution >= 4 is 0 Å². The Labute approximate surface area is 123 Å². The van der Waals surface area contributed by atoms with E-state index < -0.39 is 0 Å². The summed E-state index contributed by atoms with van der Waals surface area (Å²) >= 11 is 0. The Morgan fingerprint density at radius 1 is 0.550 bits per heavy atom. The third-order valence-electron chi connectivity index (χ3n) is 7.31. The fraction of sp³-hybridized carbons (Fsp3) is 0.700. The SMILES string of the molecule is c1ccc2c(c1)C1C3CCCCC3C2C2CCCCC21. The standard InChI is InChI=1S/C20H26/c1-2-8-14-13(7-1)19-15-9-3-5-11-17(15)20(14)18-12-6-4-10-16(18)19/h1-2,7-8,15-20H,3-6,9-12H2. The molecule has 4 unspecified atom stereocenters. The molecule has 0 spiro atoms. The minimum atomic E-state index is 0.937. The average Bonchev–Trinajstić information content (AvgIpc) is 2.54. The molecule has 4 atom stereocenters. The molecule has 0 aliphatic heterocycles. The van der Waals surface area contributed by atoms with Gasteiger partial charge < -0.3 is 0 Å². The van der Waals surface area contributed by atoms with Crippen LogP contribution in [0.3, 0.4) is 0 Å². The highest BCUT2D eigenvalue weighted by Gasteiger charge is 2.56. The first-order valence-corrected chi connectivity index (χ1v) is 9.04. The van der Waals surface area contributed by atoms with E-state index in [0.717, 1.165) is 35.5 Å². The lowest BCUT2D eigenvalue weighted by molar-refractivity contribution is -0.0138. The first-order chi connectivity index (χ1) is 9.95. The predicted molar refractivity (Wildman–Crippen MR) is 82.8 cm³/mol. The molecule has 5 aliphatic carbocycles. The van der Waals surface area contributed by atoms with Crippen molar-refractivity contribution in [3.05, 3.63) is 35.4 Å². The quantitative estimate of drug-likeness (QED) is 0.582. The van der Waals surface area contributed by atoms with Crippen molar-refractivity contribution in [2.24, 2.45) is 23.7 Å². The summed E-state index contributed by atoms with van der Waals surface area (Å²) in [6.45, 7) is 0. The number of hydrogen-bond donors (Lipinski definition) is 0. The Kier molecular flexibility index (Phi) is 2.58. The zero-order valence-electron chi connectivity index (χ0n) is 12.4. The van der Waals surface area contributed by atoms with Crippen LogP contribution in [-0.2, 0) is 0 Å². The van der Waals surface area contributed by atoms with Crippen LogP contribution in [-0.4, -0.2) is 0 Å². The van der Waals surface area contributed by atoms with Gasteiger partial charge in [0.05, 0.1) is 0 Å². The van der Waals surface area contributed by atoms with Gasteiger partial charge in [0.1, 0.15) is 0 Å². The zero-order valence-corrected chi connectivity index (χ0v) is 12.4. The lowest BCUT2D eigenvalue weighted by Crippen LogP contribution is -2.50. The highest BCUT2D eigenvalue weighted by Crippen LogP contribution is 2.66. The van der Waals surface area contributed by atoms with Crippen LogP contribution in [0.4, 0.5) is 0 Å². The summed E-state index contributed by atoms with van der Waals surface area (Å²) in [6.07, 6.45) is 12.1. The highest BCUT2D eigenvalue weighted by atomic mass is 14.6. The van der Waals surface area contributed by atoms with Gasteiger partial charge in [0, 0.05) is 0 Å². The van der Waals surface area contributed by atoms with Crippen molar-refractivity contribution in [3.8, 4) is 0 Å². The molecule has 0 aromatic heterocycles. The monoisotopic (exact) mass is 266 g/mol. The van der Waals surface area contributed by atoms with E-state index in [1.165, 1.54) is 51.4 Å². The Morgan fingerprint density at radius 2 is 0.900 bits per heavy atom. The summed E-state index contributed by atoms with van der Waals surface area (Å²) in [5.74, 6) is 6.05. The summed E-state index contributed by atoms with van der Waals surface area (Å²) in [5.41, 5.74) is 3.56. The van der Waals surface area contributed by atoms with Gasteiger partial charge in [0.25, 0.3) is 0 Å². The van der Waals surface area contributed by atoms with E-state index in [-0.39, 0.29) is 0 Å². The summed E-state index contributed by atoms with van der Waals surface area (Å²) in [4.78, 5) is 0. The molecule has 3 saturated carbocycles. The van der Waals surface area contributed by atoms with Crippen molar-refractivity contribution in [1.82, 2.24) is 0 Å². The molecule has 106 valence electrons. The van der Waals surface area contributed by atoms with Crippen LogP contribution in [0.15, 0.2) is 24.3 Å². The third-order valence-corrected chi connectivity index (χ3v) is 7.31. The van der Waals surface area contributed by atoms with Crippen LogP contribution in [0.1, 0.15) is 74.3 Å². The maximum Gasteiger partial charge on any atom is -0.00967 e. The van der Waals surface area contributed by atoms with Crippen molar-refractivity contribution in [1.29, 1.82) is 0 Å². The topological polar surface area (TPSA) is 0 Å². The molecular formula is C20H26. The van der Waals surface area contributed by atoms with Crippen molar-refractivity contribution in [3.63, 3.8) is 0 Å². The van der Waals surface area contributed by atoms with Gasteiger partial charge in [-0.3, -0.25) is 0 Å². The highest BCUT2D eigenvalue weighted by molar-refractivity contribution is 5.42. The van der Waals surface area contributed by atoms with Crippen LogP contribution < -0.4 is 0 Å². The van der Waals surface area contributed by atoms with E-state index in [2.05, 4.69) is 24.3 Å². The molecule has 1 aromatic rings. The molecule has 0 saturated heterocycles. The van der Waals surface area contributed by atoms with Crippen LogP contribution in [0.5, 0.6) is 0 Å². The third kappa shape index (κ3) is 1.43. The Balaban J connectivity index is 1.69. The normalized spacial score (nSPS) is 45.4. The molecule has 0 heterocycles. The van der Waals surface area contributed by atoms with Crippen molar-refractivity contribution in [2.75, 3.05) is 0 Å². The summed E-state index contributed by atoms with van der Waals surface area (Å²) in [7, 11) is 0. The van der Waals surface area contributed by atoms with Gasteiger partial charge in [-0.25, -0.2) is 0 Å². The largest absolute Gasteiger partial charge is 0.0620 e. The molecule has 0 radical (unpaired) electrons. The Hall–Kier alpha value is -0.780. The van der Waals surface area contributed by atoms with Gasteiger partial charge in [0.15, 0.2) is 0 Å². The molecule has 1 aromatic carbocycles. The van der Waals surface area contributed by atoms with Crippen LogP contribution in [0.2, 0.25) is 0 Å². The van der Waals surface area contributed by atoms with E-state index in [4.69, 9.17) is 0 Å². The molecular weight excluding hydrogens is 240 g/mol. The lowest BCUT2D eigenvalue weighted by Gasteiger charge is -2.60. The molecule has 20 heavy (non-hydrogen) atoms. The van der Waals surface area contributed by atoms with Gasteiger partial charge in [-0.2, -0.15) is 0 Å². The molecule has 0 nitrogen and oxygen atoms in total. The first kappa shape index (κ1) is 11.8. The van der Waals surface area contributed by atoms with Crippen molar-refractivity contribution < 1.29 is 0 Å². The Morgan fingerprint density at radius 3 is 1.25 bits per heavy atom. The summed E-state index contributed by atoms with van der Waals surface area (Å²) in [5, 5.41) is 0. The van der Waals surface area contributed by atoms with Gasteiger partial charge in [-0.15, -0.1) is 0 Å². The van der Waals surface area contributed by atoms with Crippen LogP contribution in [0, 0.1) is 23.7 Å². The van der Waals surface area contributed by atoms with E-state index in [0.29, 0.717) is 0 Å². The lowest BCUT2D eigenvalue weighted by atomic mass is 9.44. The van der Waals surface area contributed by atoms with Crippen molar-refractivity contribution in [2.45, 2.75) is 63.2 Å². The first-order valence-electron chi connectivity index (χ1n) is 9.04. The molecule has 2 bridgehead atoms. The van der Waals surface area contributed by atoms with Gasteiger partial charge >= 0.3 is 0 Å². The second-order valence-electron chi connectivity index (χ2n) is 7.90. The van der Waals surface area contributed by atoms with Gasteiger partial charge in [-0.1, -0.05) is 49.9 Å². The molecule has 0 heteroatoms. The van der Waals surface area contributed by atoms with Gasteiger partial charge in [-0.05, 0) is 72.3 Å². The minimum Gasteiger partial charge on any atom is -0.0620 e. The zero-order chi connectivity index (χ0) is 13.1. The van der Waals surface area contributed by atoms with E-state index >= 15 is 0 Å². The van der Waals surface area contributed by atoms with E-state index in [1.807, 2.05) is 0 Å². The van der Waals surface area contributed by atoms with Crippen LogP contribution >= 0.6 is 0 Å². The number of rotatable bonds is 0. The molecule has 0 N–H and O–H groups in total. The summed E-state index contributed by atoms with van der Waals surface area (Å²) < 4.78 is 0. The molecule has 3 fully saturated rings. The second kappa shape index (κ2) is 4.36. The molecule has 6 rings (SSSR count). The minimum absolute atomic E-state index is 0.937. The Bertz CT molecular complexity index is 446. The predicted octanol–water partition coefficient (Wildman–Crippen LogP) is 5.49. The number of hydrogen-bond acceptors (Lipinski definition) is 0. The fourth-order valence-corrected chi connectivity index (χ4v) is 6.84. The molecule has 0 amide bonds. The second-order valence-corrected chi connectivity index (χ2v) is 7.90. The van der Waals surface area contributed by atoms with Crippen LogP contribution in [0.25, 0.3) is 0 Å². The maximum absolute atomic E-state index is 2.49. The maximum atomic E-state index is 2.49. The number of benzene rings is 1. The smallest absolute Gasteiger partial charge is 0.00967 e. The van der Waals surface area contributed by atoms with E-state index in [1.54, 1.807) is 11.1 Å². The summed E-state index contributed by atoms with van der Waals surface area (Å²) in [6, 6.07) is 9.58. The van der Waals surface area contributed by atoms with E-state index in [9.17, 15) is 0 Å². The molecule has 5 aliphatic rings. The average molecular weight is 266 g/mol. The fourth-order valence-electron chi connectivity index (χ4n) is 6.84. The van der Waals surface area contributed by atoms with Gasteiger partial charge in [0.2, 0.25) is 0 Å².